The molecule has 1 aliphatic rings. The van der Waals surface area contributed by atoms with Gasteiger partial charge in [0.2, 0.25) is 0 Å². The average Bonchev–Trinajstić information content (AvgIpc) is 3.08. The fourth-order valence-corrected chi connectivity index (χ4v) is 2.32. The van der Waals surface area contributed by atoms with Crippen LogP contribution in [-0.2, 0) is 11.2 Å². The van der Waals surface area contributed by atoms with Crippen molar-refractivity contribution in [2.75, 3.05) is 6.61 Å². The molecule has 2 atom stereocenters. The van der Waals surface area contributed by atoms with Crippen LogP contribution in [0.15, 0.2) is 18.2 Å². The molecular formula is C14H19ClO2. The molecule has 0 amide bonds. The van der Waals surface area contributed by atoms with Crippen LogP contribution < -0.4 is 4.74 Å². The van der Waals surface area contributed by atoms with E-state index < -0.39 is 0 Å². The second-order valence-electron chi connectivity index (χ2n) is 4.34. The molecule has 0 saturated carbocycles. The molecule has 0 aromatic heterocycles. The Kier molecular flexibility index (Phi) is 4.30. The first-order valence-electron chi connectivity index (χ1n) is 6.31. The van der Waals surface area contributed by atoms with Gasteiger partial charge >= 0.3 is 0 Å². The van der Waals surface area contributed by atoms with Crippen LogP contribution in [0.1, 0.15) is 32.3 Å². The van der Waals surface area contributed by atoms with Gasteiger partial charge in [0.25, 0.3) is 0 Å². The maximum atomic E-state index is 6.02. The molecule has 1 aromatic rings. The Morgan fingerprint density at radius 3 is 2.76 bits per heavy atom. The zero-order valence-electron chi connectivity index (χ0n) is 10.4. The van der Waals surface area contributed by atoms with Crippen molar-refractivity contribution in [3.05, 3.63) is 28.8 Å². The highest BCUT2D eigenvalue weighted by Gasteiger charge is 2.36. The molecule has 0 aliphatic carbocycles. The molecule has 1 heterocycles. The summed E-state index contributed by atoms with van der Waals surface area (Å²) in [6.07, 6.45) is 4.05. The normalized spacial score (nSPS) is 22.5. The first-order chi connectivity index (χ1) is 8.24. The van der Waals surface area contributed by atoms with Gasteiger partial charge in [-0.25, -0.2) is 0 Å². The van der Waals surface area contributed by atoms with Crippen molar-refractivity contribution in [3.63, 3.8) is 0 Å². The van der Waals surface area contributed by atoms with E-state index in [2.05, 4.69) is 6.92 Å². The lowest BCUT2D eigenvalue weighted by Gasteiger charge is -2.10. The van der Waals surface area contributed by atoms with Gasteiger partial charge in [-0.05, 0) is 49.9 Å². The molecular weight excluding hydrogens is 236 g/mol. The van der Waals surface area contributed by atoms with E-state index in [1.54, 1.807) is 0 Å². The Balaban J connectivity index is 1.96. The molecule has 0 bridgehead atoms. The summed E-state index contributed by atoms with van der Waals surface area (Å²) in [5.74, 6) is 0.950. The number of aryl methyl sites for hydroxylation is 1. The summed E-state index contributed by atoms with van der Waals surface area (Å²) < 4.78 is 11.1. The molecule has 1 aliphatic heterocycles. The third-order valence-electron chi connectivity index (χ3n) is 3.11. The van der Waals surface area contributed by atoms with Gasteiger partial charge in [0, 0.05) is 5.02 Å². The van der Waals surface area contributed by atoms with E-state index in [1.165, 1.54) is 5.56 Å². The van der Waals surface area contributed by atoms with Crippen molar-refractivity contribution in [2.24, 2.45) is 0 Å². The van der Waals surface area contributed by atoms with Gasteiger partial charge in [0.1, 0.15) is 5.75 Å². The molecule has 17 heavy (non-hydrogen) atoms. The van der Waals surface area contributed by atoms with Crippen LogP contribution in [0.2, 0.25) is 5.02 Å². The second-order valence-corrected chi connectivity index (χ2v) is 4.78. The second kappa shape index (κ2) is 5.74. The lowest BCUT2D eigenvalue weighted by atomic mass is 10.1. The molecule has 1 aromatic carbocycles. The van der Waals surface area contributed by atoms with Crippen molar-refractivity contribution < 1.29 is 9.47 Å². The van der Waals surface area contributed by atoms with Gasteiger partial charge in [-0.3, -0.25) is 0 Å². The molecule has 2 rings (SSSR count). The largest absolute Gasteiger partial charge is 0.494 e. The maximum Gasteiger partial charge on any atom is 0.122 e. The zero-order valence-corrected chi connectivity index (χ0v) is 11.2. The Labute approximate surface area is 108 Å². The number of ether oxygens (including phenoxy) is 2. The van der Waals surface area contributed by atoms with Crippen LogP contribution in [0.25, 0.3) is 0 Å². The molecule has 1 saturated heterocycles. The van der Waals surface area contributed by atoms with Gasteiger partial charge < -0.3 is 9.47 Å². The van der Waals surface area contributed by atoms with Gasteiger partial charge in [0.05, 0.1) is 18.8 Å². The summed E-state index contributed by atoms with van der Waals surface area (Å²) in [6.45, 7) is 4.84. The minimum Gasteiger partial charge on any atom is -0.494 e. The van der Waals surface area contributed by atoms with Crippen LogP contribution in [0.3, 0.4) is 0 Å². The lowest BCUT2D eigenvalue weighted by Crippen LogP contribution is -2.00. The monoisotopic (exact) mass is 254 g/mol. The van der Waals surface area contributed by atoms with Crippen molar-refractivity contribution in [3.8, 4) is 5.75 Å². The van der Waals surface area contributed by atoms with E-state index in [9.17, 15) is 0 Å². The topological polar surface area (TPSA) is 21.8 Å². The van der Waals surface area contributed by atoms with E-state index in [-0.39, 0.29) is 0 Å². The van der Waals surface area contributed by atoms with Crippen molar-refractivity contribution in [1.29, 1.82) is 0 Å². The highest BCUT2D eigenvalue weighted by molar-refractivity contribution is 6.30. The smallest absolute Gasteiger partial charge is 0.122 e. The molecule has 3 heteroatoms. The number of hydrogen-bond donors (Lipinski definition) is 0. The van der Waals surface area contributed by atoms with Crippen molar-refractivity contribution >= 4 is 11.6 Å². The van der Waals surface area contributed by atoms with Crippen LogP contribution in [0.4, 0.5) is 0 Å². The molecule has 0 spiro atoms. The number of epoxide rings is 1. The summed E-state index contributed by atoms with van der Waals surface area (Å²) in [6, 6.07) is 5.82. The van der Waals surface area contributed by atoms with Crippen molar-refractivity contribution in [1.82, 2.24) is 0 Å². The van der Waals surface area contributed by atoms with Crippen LogP contribution >= 0.6 is 11.6 Å². The molecule has 2 nitrogen and oxygen atoms in total. The minimum absolute atomic E-state index is 0.438. The number of rotatable bonds is 6. The Morgan fingerprint density at radius 2 is 2.12 bits per heavy atom. The van der Waals surface area contributed by atoms with Gasteiger partial charge in [0.15, 0.2) is 0 Å². The number of benzene rings is 1. The van der Waals surface area contributed by atoms with Gasteiger partial charge in [-0.1, -0.05) is 18.5 Å². The highest BCUT2D eigenvalue weighted by atomic mass is 35.5. The fourth-order valence-electron chi connectivity index (χ4n) is 2.13. The van der Waals surface area contributed by atoms with Gasteiger partial charge in [-0.15, -0.1) is 0 Å². The number of hydrogen-bond acceptors (Lipinski definition) is 2. The van der Waals surface area contributed by atoms with E-state index in [1.807, 2.05) is 25.1 Å². The van der Waals surface area contributed by atoms with E-state index in [0.29, 0.717) is 18.8 Å². The van der Waals surface area contributed by atoms with Crippen LogP contribution in [0, 0.1) is 0 Å². The van der Waals surface area contributed by atoms with E-state index >= 15 is 0 Å². The van der Waals surface area contributed by atoms with E-state index in [4.69, 9.17) is 21.1 Å². The maximum absolute atomic E-state index is 6.02. The predicted molar refractivity (Wildman–Crippen MR) is 69.9 cm³/mol. The molecule has 0 N–H and O–H groups in total. The van der Waals surface area contributed by atoms with Crippen LogP contribution in [0.5, 0.6) is 5.75 Å². The molecule has 0 radical (unpaired) electrons. The fraction of sp³-hybridized carbons (Fsp3) is 0.571. The lowest BCUT2D eigenvalue weighted by molar-refractivity contribution is 0.334. The third-order valence-corrected chi connectivity index (χ3v) is 3.35. The molecule has 2 unspecified atom stereocenters. The molecule has 94 valence electrons. The molecule has 1 fully saturated rings. The Morgan fingerprint density at radius 1 is 1.29 bits per heavy atom. The summed E-state index contributed by atoms with van der Waals surface area (Å²) in [7, 11) is 0. The first kappa shape index (κ1) is 12.7. The first-order valence-corrected chi connectivity index (χ1v) is 6.69. The standard InChI is InChI=1S/C14H19ClO2/c1-3-12-14(17-12)7-5-10-9-11(15)6-8-13(10)16-4-2/h6,8-9,12,14H,3-5,7H2,1-2H3. The summed E-state index contributed by atoms with van der Waals surface area (Å²) in [5.41, 5.74) is 1.18. The average molecular weight is 255 g/mol. The van der Waals surface area contributed by atoms with Crippen molar-refractivity contribution in [2.45, 2.75) is 45.3 Å². The zero-order chi connectivity index (χ0) is 12.3. The van der Waals surface area contributed by atoms with Crippen LogP contribution in [-0.4, -0.2) is 18.8 Å². The van der Waals surface area contributed by atoms with Gasteiger partial charge in [-0.2, -0.15) is 0 Å². The summed E-state index contributed by atoms with van der Waals surface area (Å²) >= 11 is 6.02. The highest BCUT2D eigenvalue weighted by Crippen LogP contribution is 2.31. The third kappa shape index (κ3) is 3.36. The summed E-state index contributed by atoms with van der Waals surface area (Å²) in [5, 5.41) is 0.771. The Bertz CT molecular complexity index is 378. The number of halogens is 1. The summed E-state index contributed by atoms with van der Waals surface area (Å²) in [4.78, 5) is 0. The predicted octanol–water partition coefficient (Wildman–Crippen LogP) is 3.85. The SMILES string of the molecule is CCOc1ccc(Cl)cc1CCC1OC1CC. The minimum atomic E-state index is 0.438. The van der Waals surface area contributed by atoms with E-state index in [0.717, 1.165) is 30.0 Å². The quantitative estimate of drug-likeness (QED) is 0.720. The Hall–Kier alpha value is -0.730.